The van der Waals surface area contributed by atoms with Crippen molar-refractivity contribution in [3.8, 4) is 0 Å². The lowest BCUT2D eigenvalue weighted by atomic mass is 10.2. The van der Waals surface area contributed by atoms with Crippen LogP contribution in [-0.2, 0) is 13.1 Å². The first-order valence-electron chi connectivity index (χ1n) is 7.58. The largest absolute Gasteiger partial charge is 0.321 e. The van der Waals surface area contributed by atoms with E-state index in [1.807, 2.05) is 78.6 Å². The number of nitrogens with one attached hydrogen (secondary N) is 1. The molecule has 0 bridgehead atoms. The van der Waals surface area contributed by atoms with Crippen molar-refractivity contribution in [2.75, 3.05) is 0 Å². The third-order valence-electron chi connectivity index (χ3n) is 3.28. The maximum atomic E-state index is 12.4. The van der Waals surface area contributed by atoms with Gasteiger partial charge in [0.25, 0.3) is 0 Å². The molecule has 22 heavy (non-hydrogen) atoms. The second-order valence-corrected chi connectivity index (χ2v) is 5.09. The van der Waals surface area contributed by atoms with Gasteiger partial charge in [-0.1, -0.05) is 73.7 Å². The third-order valence-corrected chi connectivity index (χ3v) is 3.28. The molecule has 3 nitrogen and oxygen atoms in total. The van der Waals surface area contributed by atoms with Gasteiger partial charge in [0.05, 0.1) is 0 Å². The normalized spacial score (nSPS) is 10.6. The number of allylic oxidation sites excluding steroid dienone is 1. The summed E-state index contributed by atoms with van der Waals surface area (Å²) in [6, 6.07) is 20.0. The second-order valence-electron chi connectivity index (χ2n) is 5.09. The first kappa shape index (κ1) is 15.8. The first-order chi connectivity index (χ1) is 10.8. The molecule has 0 heterocycles. The zero-order valence-corrected chi connectivity index (χ0v) is 12.9. The van der Waals surface area contributed by atoms with Crippen LogP contribution >= 0.6 is 0 Å². The molecule has 2 amide bonds. The van der Waals surface area contributed by atoms with Gasteiger partial charge in [0, 0.05) is 19.3 Å². The molecule has 2 aromatic rings. The fraction of sp³-hybridized carbons (Fsp3) is 0.211. The Labute approximate surface area is 132 Å². The summed E-state index contributed by atoms with van der Waals surface area (Å²) in [5.41, 5.74) is 2.24. The van der Waals surface area contributed by atoms with Crippen LogP contribution in [0.3, 0.4) is 0 Å². The molecule has 0 unspecified atom stereocenters. The molecular weight excluding hydrogens is 272 g/mol. The number of rotatable bonds is 6. The minimum absolute atomic E-state index is 0.0857. The molecule has 0 saturated carbocycles. The smallest absolute Gasteiger partial charge is 0.316 e. The van der Waals surface area contributed by atoms with Gasteiger partial charge in [0.2, 0.25) is 0 Å². The van der Waals surface area contributed by atoms with Gasteiger partial charge >= 0.3 is 6.03 Å². The average molecular weight is 294 g/mol. The van der Waals surface area contributed by atoms with Gasteiger partial charge < -0.3 is 10.2 Å². The number of nitrogens with zero attached hydrogens (tertiary/aromatic N) is 1. The van der Waals surface area contributed by atoms with E-state index < -0.39 is 0 Å². The fourth-order valence-corrected chi connectivity index (χ4v) is 2.15. The van der Waals surface area contributed by atoms with E-state index in [1.165, 1.54) is 0 Å². The van der Waals surface area contributed by atoms with Gasteiger partial charge in [0.15, 0.2) is 0 Å². The Kier molecular flexibility index (Phi) is 6.24. The van der Waals surface area contributed by atoms with Crippen molar-refractivity contribution in [1.29, 1.82) is 0 Å². The van der Waals surface area contributed by atoms with Crippen molar-refractivity contribution >= 4 is 6.03 Å². The topological polar surface area (TPSA) is 32.3 Å². The highest BCUT2D eigenvalue weighted by atomic mass is 16.2. The molecule has 1 N–H and O–H groups in total. The van der Waals surface area contributed by atoms with Crippen LogP contribution in [-0.4, -0.2) is 10.9 Å². The molecule has 0 saturated heterocycles. The predicted octanol–water partition coefficient (Wildman–Crippen LogP) is 4.32. The number of carbonyl (C=O) groups excluding carboxylic acids is 1. The number of urea groups is 1. The molecule has 2 aromatic carbocycles. The molecule has 0 aromatic heterocycles. The maximum absolute atomic E-state index is 12.4. The van der Waals surface area contributed by atoms with Gasteiger partial charge in [-0.25, -0.2) is 4.79 Å². The van der Waals surface area contributed by atoms with E-state index >= 15 is 0 Å². The van der Waals surface area contributed by atoms with E-state index in [1.54, 1.807) is 6.20 Å². The van der Waals surface area contributed by atoms with Gasteiger partial charge in [-0.05, 0) is 17.5 Å². The molecular formula is C19H22N2O. The van der Waals surface area contributed by atoms with Gasteiger partial charge in [-0.3, -0.25) is 0 Å². The van der Waals surface area contributed by atoms with Gasteiger partial charge in [0.1, 0.15) is 0 Å². The Morgan fingerprint density at radius 2 is 1.45 bits per heavy atom. The number of hydrogen-bond donors (Lipinski definition) is 1. The average Bonchev–Trinajstić information content (AvgIpc) is 2.56. The Balaban J connectivity index is 2.09. The van der Waals surface area contributed by atoms with Crippen LogP contribution in [0, 0.1) is 0 Å². The van der Waals surface area contributed by atoms with Crippen LogP contribution < -0.4 is 5.32 Å². The number of carbonyl (C=O) groups is 1. The van der Waals surface area contributed by atoms with E-state index in [9.17, 15) is 4.79 Å². The van der Waals surface area contributed by atoms with Crippen molar-refractivity contribution in [1.82, 2.24) is 10.2 Å². The Bertz CT molecular complexity index is 552. The lowest BCUT2D eigenvalue weighted by Crippen LogP contribution is -2.36. The third kappa shape index (κ3) is 5.09. The number of amides is 2. The summed E-state index contributed by atoms with van der Waals surface area (Å²) in [4.78, 5) is 14.2. The predicted molar refractivity (Wildman–Crippen MR) is 90.1 cm³/mol. The van der Waals surface area contributed by atoms with Crippen molar-refractivity contribution < 1.29 is 4.79 Å². The van der Waals surface area contributed by atoms with E-state index in [-0.39, 0.29) is 6.03 Å². The van der Waals surface area contributed by atoms with Crippen molar-refractivity contribution in [3.63, 3.8) is 0 Å². The molecule has 2 rings (SSSR count). The molecule has 0 fully saturated rings. The molecule has 0 aliphatic carbocycles. The molecule has 0 aliphatic rings. The Hall–Kier alpha value is -2.55. The maximum Gasteiger partial charge on any atom is 0.321 e. The zero-order valence-electron chi connectivity index (χ0n) is 12.9. The molecule has 114 valence electrons. The van der Waals surface area contributed by atoms with Crippen LogP contribution in [0.5, 0.6) is 0 Å². The van der Waals surface area contributed by atoms with Gasteiger partial charge in [-0.15, -0.1) is 0 Å². The Morgan fingerprint density at radius 3 is 1.91 bits per heavy atom. The Morgan fingerprint density at radius 1 is 0.955 bits per heavy atom. The summed E-state index contributed by atoms with van der Waals surface area (Å²) in [5, 5.41) is 2.83. The lowest BCUT2D eigenvalue weighted by Gasteiger charge is -2.22. The summed E-state index contributed by atoms with van der Waals surface area (Å²) in [6.07, 6.45) is 4.55. The second kappa shape index (κ2) is 8.67. The zero-order chi connectivity index (χ0) is 15.6. The van der Waals surface area contributed by atoms with E-state index in [0.717, 1.165) is 17.5 Å². The molecule has 0 radical (unpaired) electrons. The van der Waals surface area contributed by atoms with Crippen molar-refractivity contribution in [3.05, 3.63) is 84.1 Å². The minimum Gasteiger partial charge on any atom is -0.316 e. The fourth-order valence-electron chi connectivity index (χ4n) is 2.15. The lowest BCUT2D eigenvalue weighted by molar-refractivity contribution is 0.196. The quantitative estimate of drug-likeness (QED) is 0.845. The monoisotopic (exact) mass is 294 g/mol. The van der Waals surface area contributed by atoms with E-state index in [4.69, 9.17) is 0 Å². The van der Waals surface area contributed by atoms with Crippen LogP contribution in [0.1, 0.15) is 24.5 Å². The standard InChI is InChI=1S/C19H22N2O/c1-2-3-14-20-19(22)21(15-17-10-6-4-7-11-17)16-18-12-8-5-9-13-18/h3-14H,2,15-16H2,1H3,(H,20,22)/b14-3+. The molecule has 0 atom stereocenters. The van der Waals surface area contributed by atoms with Crippen LogP contribution in [0.2, 0.25) is 0 Å². The van der Waals surface area contributed by atoms with Crippen LogP contribution in [0.4, 0.5) is 4.79 Å². The molecule has 0 spiro atoms. The summed E-state index contributed by atoms with van der Waals surface area (Å²) in [5.74, 6) is 0. The number of benzene rings is 2. The summed E-state index contributed by atoms with van der Waals surface area (Å²) >= 11 is 0. The van der Waals surface area contributed by atoms with E-state index in [0.29, 0.717) is 13.1 Å². The summed E-state index contributed by atoms with van der Waals surface area (Å²) in [7, 11) is 0. The van der Waals surface area contributed by atoms with Gasteiger partial charge in [-0.2, -0.15) is 0 Å². The van der Waals surface area contributed by atoms with E-state index in [2.05, 4.69) is 5.32 Å². The molecule has 0 aliphatic heterocycles. The van der Waals surface area contributed by atoms with Crippen molar-refractivity contribution in [2.24, 2.45) is 0 Å². The van der Waals surface area contributed by atoms with Crippen LogP contribution in [0.15, 0.2) is 72.9 Å². The van der Waals surface area contributed by atoms with Crippen LogP contribution in [0.25, 0.3) is 0 Å². The first-order valence-corrected chi connectivity index (χ1v) is 7.58. The summed E-state index contributed by atoms with van der Waals surface area (Å²) < 4.78 is 0. The van der Waals surface area contributed by atoms with Crippen molar-refractivity contribution in [2.45, 2.75) is 26.4 Å². The highest BCUT2D eigenvalue weighted by Crippen LogP contribution is 2.10. The summed E-state index contributed by atoms with van der Waals surface area (Å²) in [6.45, 7) is 3.21. The minimum atomic E-state index is -0.0857. The highest BCUT2D eigenvalue weighted by Gasteiger charge is 2.13. The molecule has 3 heteroatoms. The highest BCUT2D eigenvalue weighted by molar-refractivity contribution is 5.75. The SMILES string of the molecule is CC/C=C/NC(=O)N(Cc1ccccc1)Cc1ccccc1. The number of hydrogen-bond acceptors (Lipinski definition) is 1.